The molecule has 0 aromatic rings. The molecule has 0 aromatic carbocycles. The number of ether oxygens (including phenoxy) is 4. The third-order valence-electron chi connectivity index (χ3n) is 6.28. The second-order valence-electron chi connectivity index (χ2n) is 9.09. The van der Waals surface area contributed by atoms with Gasteiger partial charge in [0.25, 0.3) is 0 Å². The van der Waals surface area contributed by atoms with Crippen LogP contribution in [0.2, 0.25) is 0 Å². The first kappa shape index (κ1) is 23.8. The largest absolute Gasteiger partial charge is 0.461 e. The number of methoxy groups -OCH3 is 1. The van der Waals surface area contributed by atoms with E-state index < -0.39 is 35.3 Å². The lowest BCUT2D eigenvalue weighted by Crippen LogP contribution is -2.62. The van der Waals surface area contributed by atoms with E-state index in [2.05, 4.69) is 0 Å². The van der Waals surface area contributed by atoms with Gasteiger partial charge in [0.05, 0.1) is 24.2 Å². The number of cyclic esters (lactones) is 1. The van der Waals surface area contributed by atoms with Crippen LogP contribution in [0.5, 0.6) is 0 Å². The van der Waals surface area contributed by atoms with Gasteiger partial charge in [0.2, 0.25) is 0 Å². The summed E-state index contributed by atoms with van der Waals surface area (Å²) in [5.41, 5.74) is -0.986. The van der Waals surface area contributed by atoms with Crippen molar-refractivity contribution in [3.05, 3.63) is 0 Å². The maximum Gasteiger partial charge on any atom is 0.314 e. The zero-order valence-electron chi connectivity index (χ0n) is 18.7. The highest BCUT2D eigenvalue weighted by Gasteiger charge is 2.58. The van der Waals surface area contributed by atoms with Gasteiger partial charge in [-0.2, -0.15) is 0 Å². The van der Waals surface area contributed by atoms with E-state index in [1.54, 1.807) is 27.9 Å². The van der Waals surface area contributed by atoms with Crippen LogP contribution >= 0.6 is 0 Å². The summed E-state index contributed by atoms with van der Waals surface area (Å²) in [6.45, 7) is 10.9. The lowest BCUT2D eigenvalue weighted by Gasteiger charge is -2.47. The average molecular weight is 413 g/mol. The van der Waals surface area contributed by atoms with Crippen LogP contribution in [0, 0.1) is 23.7 Å². The summed E-state index contributed by atoms with van der Waals surface area (Å²) in [7, 11) is 1.63. The molecule has 2 fully saturated rings. The molecule has 7 nitrogen and oxygen atoms in total. The number of ketones is 1. The summed E-state index contributed by atoms with van der Waals surface area (Å²) < 4.78 is 22.5. The van der Waals surface area contributed by atoms with Crippen LogP contribution in [-0.2, 0) is 33.3 Å². The van der Waals surface area contributed by atoms with Crippen molar-refractivity contribution >= 4 is 17.7 Å². The first-order valence-corrected chi connectivity index (χ1v) is 10.6. The van der Waals surface area contributed by atoms with E-state index in [1.807, 2.05) is 20.8 Å². The van der Waals surface area contributed by atoms with Gasteiger partial charge in [-0.25, -0.2) is 0 Å². The first-order chi connectivity index (χ1) is 13.5. The molecule has 166 valence electrons. The normalized spacial score (nSPS) is 39.8. The number of fused-ring (bicyclic) bond motifs is 1. The lowest BCUT2D eigenvalue weighted by molar-refractivity contribution is -0.228. The van der Waals surface area contributed by atoms with Crippen molar-refractivity contribution in [3.63, 3.8) is 0 Å². The van der Waals surface area contributed by atoms with Crippen molar-refractivity contribution in [2.45, 2.75) is 84.7 Å². The van der Waals surface area contributed by atoms with E-state index in [9.17, 15) is 14.4 Å². The number of esters is 2. The highest BCUT2D eigenvalue weighted by atomic mass is 16.6. The fourth-order valence-corrected chi connectivity index (χ4v) is 4.49. The molecule has 2 rings (SSSR count). The monoisotopic (exact) mass is 412 g/mol. The molecule has 2 aliphatic heterocycles. The maximum atomic E-state index is 13.0. The summed E-state index contributed by atoms with van der Waals surface area (Å²) in [6, 6.07) is 0. The molecule has 0 spiro atoms. The van der Waals surface area contributed by atoms with E-state index in [0.29, 0.717) is 19.3 Å². The number of carbonyl (C=O) groups is 3. The van der Waals surface area contributed by atoms with Crippen LogP contribution in [0.4, 0.5) is 0 Å². The third kappa shape index (κ3) is 5.37. The SMILES string of the molecule is CO[C@H]1CC[C@H](OC(C)C)[C@@H](C)C(=O)OC[C@@]2(C)OC(=O)C2[C@@H](C)C(=O)[C@H](C)C1. The van der Waals surface area contributed by atoms with Gasteiger partial charge in [-0.3, -0.25) is 14.4 Å². The van der Waals surface area contributed by atoms with E-state index in [4.69, 9.17) is 18.9 Å². The molecule has 1 unspecified atom stereocenters. The van der Waals surface area contributed by atoms with E-state index in [0.717, 1.165) is 0 Å². The van der Waals surface area contributed by atoms with Crippen LogP contribution < -0.4 is 0 Å². The lowest BCUT2D eigenvalue weighted by atomic mass is 9.71. The molecule has 2 aliphatic rings. The Balaban J connectivity index is 2.28. The highest BCUT2D eigenvalue weighted by Crippen LogP contribution is 2.41. The van der Waals surface area contributed by atoms with Crippen LogP contribution in [0.25, 0.3) is 0 Å². The van der Waals surface area contributed by atoms with Gasteiger partial charge >= 0.3 is 11.9 Å². The topological polar surface area (TPSA) is 88.1 Å². The van der Waals surface area contributed by atoms with Crippen LogP contribution in [0.1, 0.15) is 60.8 Å². The molecule has 0 N–H and O–H groups in total. The van der Waals surface area contributed by atoms with Crippen molar-refractivity contribution in [2.24, 2.45) is 23.7 Å². The fourth-order valence-electron chi connectivity index (χ4n) is 4.49. The minimum atomic E-state index is -0.986. The Morgan fingerprint density at radius 3 is 2.24 bits per heavy atom. The summed E-state index contributed by atoms with van der Waals surface area (Å²) >= 11 is 0. The number of Topliss-reactive ketones (excluding diaryl/α,β-unsaturated/α-hetero) is 1. The zero-order valence-corrected chi connectivity index (χ0v) is 18.7. The quantitative estimate of drug-likeness (QED) is 0.659. The summed E-state index contributed by atoms with van der Waals surface area (Å²) in [6.07, 6.45) is 1.36. The molecule has 7 heteroatoms. The molecule has 7 atom stereocenters. The number of rotatable bonds is 3. The predicted molar refractivity (Wildman–Crippen MR) is 106 cm³/mol. The smallest absolute Gasteiger partial charge is 0.314 e. The summed E-state index contributed by atoms with van der Waals surface area (Å²) in [5.74, 6) is -2.64. The second kappa shape index (κ2) is 9.56. The molecule has 0 bridgehead atoms. The summed E-state index contributed by atoms with van der Waals surface area (Å²) in [4.78, 5) is 37.8. The minimum absolute atomic E-state index is 0.00617. The summed E-state index contributed by atoms with van der Waals surface area (Å²) in [5, 5.41) is 0. The van der Waals surface area contributed by atoms with Crippen LogP contribution in [0.15, 0.2) is 0 Å². The first-order valence-electron chi connectivity index (χ1n) is 10.6. The molecule has 2 saturated heterocycles. The van der Waals surface area contributed by atoms with Crippen LogP contribution in [0.3, 0.4) is 0 Å². The second-order valence-corrected chi connectivity index (χ2v) is 9.09. The Bertz CT molecular complexity index is 616. The molecule has 0 saturated carbocycles. The van der Waals surface area contributed by atoms with Crippen molar-refractivity contribution < 1.29 is 33.3 Å². The standard InChI is InChI=1S/C22H36O7/c1-12(2)28-17-9-8-16(26-7)10-13(3)19(23)15(5)18-21(25)29-22(18,6)11-27-20(24)14(17)4/h12-18H,8-11H2,1-7H3/t13-,14-,15-,16+,17+,18?,22-/m1/s1. The minimum Gasteiger partial charge on any atom is -0.461 e. The molecule has 0 aliphatic carbocycles. The molecular weight excluding hydrogens is 376 g/mol. The molecular formula is C22H36O7. The van der Waals surface area contributed by atoms with Gasteiger partial charge in [0, 0.05) is 18.9 Å². The Labute approximate surface area is 173 Å². The van der Waals surface area contributed by atoms with Gasteiger partial charge in [-0.05, 0) is 47.0 Å². The van der Waals surface area contributed by atoms with E-state index in [1.165, 1.54) is 0 Å². The fraction of sp³-hybridized carbons (Fsp3) is 0.864. The molecule has 0 amide bonds. The van der Waals surface area contributed by atoms with Gasteiger partial charge in [0.1, 0.15) is 18.3 Å². The van der Waals surface area contributed by atoms with Gasteiger partial charge in [-0.15, -0.1) is 0 Å². The third-order valence-corrected chi connectivity index (χ3v) is 6.28. The number of carbonyl (C=O) groups excluding carboxylic acids is 3. The van der Waals surface area contributed by atoms with Crippen molar-refractivity contribution in [1.82, 2.24) is 0 Å². The zero-order chi connectivity index (χ0) is 21.9. The Hall–Kier alpha value is -1.47. The maximum absolute atomic E-state index is 13.0. The Morgan fingerprint density at radius 2 is 1.69 bits per heavy atom. The average Bonchev–Trinajstić information content (AvgIpc) is 2.65. The van der Waals surface area contributed by atoms with Crippen molar-refractivity contribution in [3.8, 4) is 0 Å². The van der Waals surface area contributed by atoms with E-state index in [-0.39, 0.29) is 36.6 Å². The molecule has 0 radical (unpaired) electrons. The van der Waals surface area contributed by atoms with Gasteiger partial charge in [0.15, 0.2) is 5.60 Å². The number of hydrogen-bond acceptors (Lipinski definition) is 7. The molecule has 2 heterocycles. The Kier molecular flexibility index (Phi) is 7.85. The Morgan fingerprint density at radius 1 is 1.03 bits per heavy atom. The van der Waals surface area contributed by atoms with Gasteiger partial charge in [-0.1, -0.05) is 13.8 Å². The van der Waals surface area contributed by atoms with Crippen molar-refractivity contribution in [1.29, 1.82) is 0 Å². The number of hydrogen-bond donors (Lipinski definition) is 0. The van der Waals surface area contributed by atoms with E-state index >= 15 is 0 Å². The highest BCUT2D eigenvalue weighted by molar-refractivity contribution is 5.91. The van der Waals surface area contributed by atoms with Gasteiger partial charge < -0.3 is 18.9 Å². The predicted octanol–water partition coefficient (Wildman–Crippen LogP) is 2.93. The molecule has 0 aromatic heterocycles. The molecule has 29 heavy (non-hydrogen) atoms. The van der Waals surface area contributed by atoms with Crippen LogP contribution in [-0.4, -0.2) is 55.4 Å². The van der Waals surface area contributed by atoms with Crippen molar-refractivity contribution in [2.75, 3.05) is 13.7 Å².